The molecule has 1 saturated heterocycles. The van der Waals surface area contributed by atoms with Gasteiger partial charge in [0.25, 0.3) is 5.56 Å². The summed E-state index contributed by atoms with van der Waals surface area (Å²) in [4.78, 5) is 20.9. The van der Waals surface area contributed by atoms with Crippen molar-refractivity contribution in [2.24, 2.45) is 0 Å². The van der Waals surface area contributed by atoms with Crippen LogP contribution in [0.15, 0.2) is 17.1 Å². The summed E-state index contributed by atoms with van der Waals surface area (Å²) in [5, 5.41) is 3.69. The van der Waals surface area contributed by atoms with Gasteiger partial charge in [0.15, 0.2) is 5.82 Å². The SMILES string of the molecule is CC1COCCN1c1nc2n(c(=O)c1F)CCC(C)(C)N2Cc1ccnn1C(F)F. The second kappa shape index (κ2) is 7.60. The summed E-state index contributed by atoms with van der Waals surface area (Å²) in [7, 11) is 0. The number of anilines is 2. The minimum atomic E-state index is -2.78. The Hall–Kier alpha value is -2.56. The summed E-state index contributed by atoms with van der Waals surface area (Å²) < 4.78 is 49.0. The maximum absolute atomic E-state index is 15.0. The molecule has 0 saturated carbocycles. The number of fused-ring (bicyclic) bond motifs is 1. The van der Waals surface area contributed by atoms with Crippen LogP contribution < -0.4 is 15.4 Å². The first-order valence-corrected chi connectivity index (χ1v) is 9.93. The molecule has 0 N–H and O–H groups in total. The van der Waals surface area contributed by atoms with Crippen LogP contribution in [0.5, 0.6) is 0 Å². The summed E-state index contributed by atoms with van der Waals surface area (Å²) in [5.41, 5.74) is -0.953. The molecule has 0 amide bonds. The molecule has 8 nitrogen and oxygen atoms in total. The first kappa shape index (κ1) is 20.7. The van der Waals surface area contributed by atoms with Gasteiger partial charge in [-0.25, -0.2) is 4.68 Å². The van der Waals surface area contributed by atoms with E-state index in [4.69, 9.17) is 4.74 Å². The van der Waals surface area contributed by atoms with E-state index in [2.05, 4.69) is 10.1 Å². The second-order valence-corrected chi connectivity index (χ2v) is 8.32. The number of hydrogen-bond acceptors (Lipinski definition) is 6. The normalized spacial score (nSPS) is 21.2. The minimum absolute atomic E-state index is 0.0212. The lowest BCUT2D eigenvalue weighted by molar-refractivity contribution is 0.0531. The van der Waals surface area contributed by atoms with Crippen molar-refractivity contribution < 1.29 is 17.9 Å². The number of nitrogens with zero attached hydrogens (tertiary/aromatic N) is 6. The molecule has 1 unspecified atom stereocenters. The van der Waals surface area contributed by atoms with E-state index in [1.165, 1.54) is 16.8 Å². The Kier molecular flexibility index (Phi) is 5.25. The molecule has 0 bridgehead atoms. The predicted octanol–water partition coefficient (Wildman–Crippen LogP) is 2.39. The standard InChI is InChI=1S/C19H25F3N6O2/c1-12-11-30-9-8-25(12)15-14(20)16(29)26-7-5-19(2,3)27(18(26)24-15)10-13-4-6-23-28(13)17(21)22/h4,6,12,17H,5,7-11H2,1-3H3. The fourth-order valence-corrected chi connectivity index (χ4v) is 4.03. The van der Waals surface area contributed by atoms with E-state index in [1.54, 1.807) is 9.80 Å². The lowest BCUT2D eigenvalue weighted by Crippen LogP contribution is -2.53. The zero-order valence-electron chi connectivity index (χ0n) is 17.2. The third-order valence-electron chi connectivity index (χ3n) is 5.89. The molecule has 1 fully saturated rings. The van der Waals surface area contributed by atoms with Crippen molar-refractivity contribution in [3.05, 3.63) is 34.1 Å². The molecule has 11 heteroatoms. The van der Waals surface area contributed by atoms with E-state index in [0.29, 0.717) is 37.4 Å². The first-order valence-electron chi connectivity index (χ1n) is 9.93. The Morgan fingerprint density at radius 3 is 2.80 bits per heavy atom. The fraction of sp³-hybridized carbons (Fsp3) is 0.632. The number of halogens is 3. The molecule has 30 heavy (non-hydrogen) atoms. The van der Waals surface area contributed by atoms with E-state index >= 15 is 4.39 Å². The van der Waals surface area contributed by atoms with E-state index < -0.39 is 23.5 Å². The third-order valence-corrected chi connectivity index (χ3v) is 5.89. The number of rotatable bonds is 4. The van der Waals surface area contributed by atoms with Gasteiger partial charge in [-0.1, -0.05) is 0 Å². The average molecular weight is 426 g/mol. The van der Waals surface area contributed by atoms with Gasteiger partial charge in [0, 0.05) is 24.8 Å². The molecule has 0 aliphatic carbocycles. The molecule has 1 atom stereocenters. The molecule has 0 spiro atoms. The van der Waals surface area contributed by atoms with Gasteiger partial charge in [-0.2, -0.15) is 23.3 Å². The molecule has 2 aromatic heterocycles. The molecular formula is C19H25F3N6O2. The summed E-state index contributed by atoms with van der Waals surface area (Å²) in [6.07, 6.45) is 1.85. The van der Waals surface area contributed by atoms with Crippen molar-refractivity contribution in [3.63, 3.8) is 0 Å². The van der Waals surface area contributed by atoms with Crippen LogP contribution in [-0.2, 0) is 17.8 Å². The van der Waals surface area contributed by atoms with E-state index in [1.807, 2.05) is 20.8 Å². The highest BCUT2D eigenvalue weighted by Crippen LogP contribution is 2.34. The fourth-order valence-electron chi connectivity index (χ4n) is 4.03. The topological polar surface area (TPSA) is 68.4 Å². The van der Waals surface area contributed by atoms with Crippen molar-refractivity contribution in [1.29, 1.82) is 0 Å². The summed E-state index contributed by atoms with van der Waals surface area (Å²) in [6.45, 7) is 4.58. The summed E-state index contributed by atoms with van der Waals surface area (Å²) in [6, 6.07) is 1.36. The summed E-state index contributed by atoms with van der Waals surface area (Å²) >= 11 is 0. The van der Waals surface area contributed by atoms with E-state index in [0.717, 1.165) is 0 Å². The largest absolute Gasteiger partial charge is 0.377 e. The number of alkyl halides is 2. The zero-order chi connectivity index (χ0) is 21.6. The zero-order valence-corrected chi connectivity index (χ0v) is 17.2. The number of aromatic nitrogens is 4. The molecule has 2 aliphatic heterocycles. The van der Waals surface area contributed by atoms with Crippen LogP contribution in [0.25, 0.3) is 0 Å². The van der Waals surface area contributed by atoms with Crippen LogP contribution in [-0.4, -0.2) is 50.7 Å². The Bertz CT molecular complexity index is 989. The van der Waals surface area contributed by atoms with Crippen molar-refractivity contribution in [2.45, 2.75) is 58.4 Å². The van der Waals surface area contributed by atoms with Gasteiger partial charge in [-0.15, -0.1) is 0 Å². The van der Waals surface area contributed by atoms with Gasteiger partial charge in [0.1, 0.15) is 0 Å². The molecule has 2 aromatic rings. The van der Waals surface area contributed by atoms with Crippen LogP contribution in [0.3, 0.4) is 0 Å². The summed E-state index contributed by atoms with van der Waals surface area (Å²) in [5.74, 6) is -0.648. The van der Waals surface area contributed by atoms with Gasteiger partial charge >= 0.3 is 6.55 Å². The number of morpholine rings is 1. The highest BCUT2D eigenvalue weighted by atomic mass is 19.3. The van der Waals surface area contributed by atoms with Gasteiger partial charge in [-0.3, -0.25) is 9.36 Å². The Balaban J connectivity index is 1.81. The number of ether oxygens (including phenoxy) is 1. The molecular weight excluding hydrogens is 401 g/mol. The molecule has 2 aliphatic rings. The van der Waals surface area contributed by atoms with Gasteiger partial charge < -0.3 is 14.5 Å². The van der Waals surface area contributed by atoms with Crippen molar-refractivity contribution in [3.8, 4) is 0 Å². The van der Waals surface area contributed by atoms with E-state index in [-0.39, 0.29) is 30.0 Å². The van der Waals surface area contributed by atoms with Crippen LogP contribution in [0.2, 0.25) is 0 Å². The monoisotopic (exact) mass is 426 g/mol. The maximum Gasteiger partial charge on any atom is 0.333 e. The minimum Gasteiger partial charge on any atom is -0.377 e. The van der Waals surface area contributed by atoms with Crippen LogP contribution in [0, 0.1) is 5.82 Å². The maximum atomic E-state index is 15.0. The van der Waals surface area contributed by atoms with Crippen molar-refractivity contribution >= 4 is 11.8 Å². The molecule has 4 heterocycles. The highest BCUT2D eigenvalue weighted by Gasteiger charge is 2.38. The molecule has 0 aromatic carbocycles. The van der Waals surface area contributed by atoms with Crippen molar-refractivity contribution in [1.82, 2.24) is 19.3 Å². The van der Waals surface area contributed by atoms with Crippen LogP contribution >= 0.6 is 0 Å². The lowest BCUT2D eigenvalue weighted by atomic mass is 9.96. The molecule has 164 valence electrons. The van der Waals surface area contributed by atoms with Gasteiger partial charge in [0.2, 0.25) is 11.8 Å². The Labute approximate surface area is 171 Å². The van der Waals surface area contributed by atoms with Crippen LogP contribution in [0.4, 0.5) is 24.9 Å². The number of hydrogen-bond donors (Lipinski definition) is 0. The molecule has 0 radical (unpaired) electrons. The van der Waals surface area contributed by atoms with Gasteiger partial charge in [0.05, 0.1) is 31.5 Å². The quantitative estimate of drug-likeness (QED) is 0.748. The third kappa shape index (κ3) is 3.44. The average Bonchev–Trinajstić information content (AvgIpc) is 3.16. The Morgan fingerprint density at radius 2 is 2.10 bits per heavy atom. The van der Waals surface area contributed by atoms with E-state index in [9.17, 15) is 13.6 Å². The van der Waals surface area contributed by atoms with Crippen LogP contribution in [0.1, 0.15) is 39.4 Å². The highest BCUT2D eigenvalue weighted by molar-refractivity contribution is 5.49. The first-order chi connectivity index (χ1) is 14.2. The van der Waals surface area contributed by atoms with Gasteiger partial charge in [-0.05, 0) is 33.3 Å². The lowest BCUT2D eigenvalue weighted by Gasteiger charge is -2.45. The smallest absolute Gasteiger partial charge is 0.333 e. The molecule has 4 rings (SSSR count). The van der Waals surface area contributed by atoms with Crippen molar-refractivity contribution in [2.75, 3.05) is 29.6 Å². The second-order valence-electron chi connectivity index (χ2n) is 8.32. The predicted molar refractivity (Wildman–Crippen MR) is 104 cm³/mol. The Morgan fingerprint density at radius 1 is 1.33 bits per heavy atom.